The van der Waals surface area contributed by atoms with Gasteiger partial charge in [0.2, 0.25) is 0 Å². The molecule has 160 valence electrons. The molecule has 1 atom stereocenters. The van der Waals surface area contributed by atoms with Crippen LogP contribution in [0.5, 0.6) is 6.01 Å². The predicted molar refractivity (Wildman–Crippen MR) is 119 cm³/mol. The number of pyridine rings is 1. The minimum Gasteiger partial charge on any atom is -0.467 e. The molecule has 0 spiro atoms. The molecular weight excluding hydrogens is 396 g/mol. The zero-order chi connectivity index (χ0) is 22.1. The van der Waals surface area contributed by atoms with E-state index in [9.17, 15) is 4.79 Å². The van der Waals surface area contributed by atoms with Crippen molar-refractivity contribution in [2.24, 2.45) is 12.8 Å². The lowest BCUT2D eigenvalue weighted by molar-refractivity contribution is 0.102. The molecule has 10 heteroatoms. The highest BCUT2D eigenvalue weighted by atomic mass is 16.5. The van der Waals surface area contributed by atoms with E-state index >= 15 is 0 Å². The quantitative estimate of drug-likeness (QED) is 0.432. The Hall–Kier alpha value is -3.79. The number of fused-ring (bicyclic) bond motifs is 2. The fourth-order valence-electron chi connectivity index (χ4n) is 3.33. The number of hydrogen-bond acceptors (Lipinski definition) is 8. The van der Waals surface area contributed by atoms with Gasteiger partial charge in [0.05, 0.1) is 24.4 Å². The topological polar surface area (TPSA) is 133 Å². The van der Waals surface area contributed by atoms with E-state index in [0.717, 1.165) is 16.8 Å². The summed E-state index contributed by atoms with van der Waals surface area (Å²) >= 11 is 0. The predicted octanol–water partition coefficient (Wildman–Crippen LogP) is 2.24. The zero-order valence-corrected chi connectivity index (χ0v) is 17.8. The van der Waals surface area contributed by atoms with Crippen LogP contribution < -0.4 is 21.1 Å². The van der Waals surface area contributed by atoms with Crippen molar-refractivity contribution in [3.63, 3.8) is 0 Å². The Kier molecular flexibility index (Phi) is 5.38. The lowest BCUT2D eigenvalue weighted by atomic mass is 10.1. The number of nitrogens with one attached hydrogen (secondary N) is 2. The smallest absolute Gasteiger partial charge is 0.316 e. The van der Waals surface area contributed by atoms with E-state index in [-0.39, 0.29) is 18.0 Å². The Morgan fingerprint density at radius 3 is 2.84 bits per heavy atom. The molecule has 0 aliphatic carbocycles. The average molecular weight is 420 g/mol. The molecule has 0 saturated heterocycles. The van der Waals surface area contributed by atoms with Crippen LogP contribution in [0, 0.1) is 6.92 Å². The van der Waals surface area contributed by atoms with E-state index in [0.29, 0.717) is 34.3 Å². The fraction of sp³-hybridized carbons (Fsp3) is 0.286. The second-order valence-corrected chi connectivity index (χ2v) is 7.45. The van der Waals surface area contributed by atoms with Crippen molar-refractivity contribution in [1.29, 1.82) is 0 Å². The first-order valence-corrected chi connectivity index (χ1v) is 9.81. The fourth-order valence-corrected chi connectivity index (χ4v) is 3.33. The normalized spacial score (nSPS) is 12.2. The van der Waals surface area contributed by atoms with E-state index in [2.05, 4.69) is 30.7 Å². The van der Waals surface area contributed by atoms with Crippen molar-refractivity contribution in [2.75, 3.05) is 24.3 Å². The number of nitrogens with two attached hydrogens (primary N) is 1. The number of aryl methyl sites for hydroxylation is 2. The largest absolute Gasteiger partial charge is 0.467 e. The third kappa shape index (κ3) is 4.10. The molecule has 0 saturated carbocycles. The van der Waals surface area contributed by atoms with Crippen LogP contribution in [-0.2, 0) is 7.05 Å². The Bertz CT molecular complexity index is 1280. The average Bonchev–Trinajstić information content (AvgIpc) is 3.12. The number of hydrogen-bond donors (Lipinski definition) is 3. The standard InChI is InChI=1S/C21H24N8O2/c1-11-7-17(25-16-10-29(3)28-18(11)16)26-20(30)13-5-6-15(23-8-12(2)22)14-9-24-21(31-4)27-19(13)14/h5-7,9-10,12,23H,8,22H2,1-4H3,(H,25,26,30)/t12-/m1/s1. The number of anilines is 2. The molecule has 0 aliphatic heterocycles. The molecule has 1 aromatic carbocycles. The highest BCUT2D eigenvalue weighted by Gasteiger charge is 2.17. The number of rotatable bonds is 6. The molecule has 0 aliphatic rings. The van der Waals surface area contributed by atoms with Gasteiger partial charge < -0.3 is 21.1 Å². The van der Waals surface area contributed by atoms with Crippen LogP contribution >= 0.6 is 0 Å². The first-order valence-electron chi connectivity index (χ1n) is 9.81. The minimum absolute atomic E-state index is 0.0334. The number of carbonyl (C=O) groups is 1. The third-order valence-corrected chi connectivity index (χ3v) is 4.79. The number of carbonyl (C=O) groups excluding carboxylic acids is 1. The maximum atomic E-state index is 13.1. The summed E-state index contributed by atoms with van der Waals surface area (Å²) in [6, 6.07) is 5.47. The molecule has 3 heterocycles. The van der Waals surface area contributed by atoms with Crippen LogP contribution in [-0.4, -0.2) is 50.3 Å². The first kappa shape index (κ1) is 20.5. The molecule has 0 bridgehead atoms. The number of aromatic nitrogens is 5. The Morgan fingerprint density at radius 2 is 2.10 bits per heavy atom. The van der Waals surface area contributed by atoms with Crippen LogP contribution in [0.2, 0.25) is 0 Å². The molecular formula is C21H24N8O2. The van der Waals surface area contributed by atoms with Crippen LogP contribution in [0.15, 0.2) is 30.6 Å². The Balaban J connectivity index is 1.72. The van der Waals surface area contributed by atoms with Gasteiger partial charge in [-0.05, 0) is 37.6 Å². The Labute approximate surface area is 178 Å². The second kappa shape index (κ2) is 8.15. The maximum Gasteiger partial charge on any atom is 0.316 e. The lowest BCUT2D eigenvalue weighted by Crippen LogP contribution is -2.25. The number of ether oxygens (including phenoxy) is 1. The van der Waals surface area contributed by atoms with E-state index in [1.165, 1.54) is 7.11 Å². The van der Waals surface area contributed by atoms with Gasteiger partial charge in [0, 0.05) is 36.9 Å². The molecule has 4 rings (SSSR count). The van der Waals surface area contributed by atoms with Crippen molar-refractivity contribution in [3.8, 4) is 6.01 Å². The summed E-state index contributed by atoms with van der Waals surface area (Å²) in [6.45, 7) is 4.41. The van der Waals surface area contributed by atoms with E-state index in [1.807, 2.05) is 33.2 Å². The maximum absolute atomic E-state index is 13.1. The highest BCUT2D eigenvalue weighted by molar-refractivity contribution is 6.13. The summed E-state index contributed by atoms with van der Waals surface area (Å²) in [6.07, 6.45) is 3.44. The number of nitrogens with zero attached hydrogens (tertiary/aromatic N) is 5. The van der Waals surface area contributed by atoms with Gasteiger partial charge in [-0.25, -0.2) is 9.97 Å². The Morgan fingerprint density at radius 1 is 1.29 bits per heavy atom. The number of methoxy groups -OCH3 is 1. The minimum atomic E-state index is -0.334. The third-order valence-electron chi connectivity index (χ3n) is 4.79. The summed E-state index contributed by atoms with van der Waals surface area (Å²) in [7, 11) is 3.31. The summed E-state index contributed by atoms with van der Waals surface area (Å²) in [5, 5.41) is 11.2. The van der Waals surface area contributed by atoms with Gasteiger partial charge >= 0.3 is 6.01 Å². The van der Waals surface area contributed by atoms with Gasteiger partial charge in [-0.15, -0.1) is 0 Å². The van der Waals surface area contributed by atoms with Gasteiger partial charge in [-0.1, -0.05) is 0 Å². The summed E-state index contributed by atoms with van der Waals surface area (Å²) < 4.78 is 6.86. The van der Waals surface area contributed by atoms with Gasteiger partial charge in [0.25, 0.3) is 5.91 Å². The van der Waals surface area contributed by atoms with Crippen molar-refractivity contribution in [2.45, 2.75) is 19.9 Å². The monoisotopic (exact) mass is 420 g/mol. The summed E-state index contributed by atoms with van der Waals surface area (Å²) in [5.74, 6) is 0.107. The van der Waals surface area contributed by atoms with Gasteiger partial charge in [-0.2, -0.15) is 10.1 Å². The van der Waals surface area contributed by atoms with Crippen LogP contribution in [0.3, 0.4) is 0 Å². The summed E-state index contributed by atoms with van der Waals surface area (Å²) in [4.78, 5) is 26.3. The van der Waals surface area contributed by atoms with E-state index in [4.69, 9.17) is 10.5 Å². The van der Waals surface area contributed by atoms with E-state index < -0.39 is 0 Å². The zero-order valence-electron chi connectivity index (χ0n) is 17.8. The second-order valence-electron chi connectivity index (χ2n) is 7.45. The van der Waals surface area contributed by atoms with E-state index in [1.54, 1.807) is 23.0 Å². The highest BCUT2D eigenvalue weighted by Crippen LogP contribution is 2.27. The molecule has 3 aromatic heterocycles. The lowest BCUT2D eigenvalue weighted by Gasteiger charge is -2.14. The van der Waals surface area contributed by atoms with Crippen LogP contribution in [0.4, 0.5) is 11.5 Å². The molecule has 31 heavy (non-hydrogen) atoms. The van der Waals surface area contributed by atoms with Crippen molar-refractivity contribution >= 4 is 39.3 Å². The van der Waals surface area contributed by atoms with Gasteiger partial charge in [-0.3, -0.25) is 9.48 Å². The van der Waals surface area contributed by atoms with Crippen LogP contribution in [0.1, 0.15) is 22.8 Å². The van der Waals surface area contributed by atoms with Crippen LogP contribution in [0.25, 0.3) is 21.9 Å². The van der Waals surface area contributed by atoms with Crippen molar-refractivity contribution < 1.29 is 9.53 Å². The number of benzene rings is 1. The summed E-state index contributed by atoms with van der Waals surface area (Å²) in [5.41, 5.74) is 9.93. The van der Waals surface area contributed by atoms with Gasteiger partial charge in [0.15, 0.2) is 0 Å². The van der Waals surface area contributed by atoms with Crippen molar-refractivity contribution in [1.82, 2.24) is 24.7 Å². The SMILES string of the molecule is COc1ncc2c(NC[C@@H](C)N)ccc(C(=O)Nc3cc(C)c4nn(C)cc4n3)c2n1. The molecule has 0 radical (unpaired) electrons. The first-order chi connectivity index (χ1) is 14.9. The van der Waals surface area contributed by atoms with Gasteiger partial charge in [0.1, 0.15) is 16.9 Å². The molecule has 4 aromatic rings. The van der Waals surface area contributed by atoms with Crippen molar-refractivity contribution in [3.05, 3.63) is 41.7 Å². The molecule has 4 N–H and O–H groups in total. The molecule has 10 nitrogen and oxygen atoms in total. The molecule has 0 unspecified atom stereocenters. The molecule has 1 amide bonds. The number of amides is 1. The molecule has 0 fully saturated rings.